The molecule has 6 heteroatoms. The number of hydrogen-bond donors (Lipinski definition) is 1. The fourth-order valence-corrected chi connectivity index (χ4v) is 6.60. The van der Waals surface area contributed by atoms with Gasteiger partial charge in [0.25, 0.3) is 5.91 Å². The summed E-state index contributed by atoms with van der Waals surface area (Å²) in [5.74, 6) is 0.146. The van der Waals surface area contributed by atoms with Crippen molar-refractivity contribution < 1.29 is 4.79 Å². The molecule has 0 aromatic carbocycles. The summed E-state index contributed by atoms with van der Waals surface area (Å²) in [7, 11) is 0. The maximum absolute atomic E-state index is 12.8. The van der Waals surface area contributed by atoms with Crippen LogP contribution in [0.5, 0.6) is 0 Å². The van der Waals surface area contributed by atoms with E-state index < -0.39 is 0 Å². The Morgan fingerprint density at radius 1 is 1.19 bits per heavy atom. The van der Waals surface area contributed by atoms with Crippen LogP contribution in [0.2, 0.25) is 0 Å². The molecule has 0 radical (unpaired) electrons. The number of carbonyl (C=O) groups is 1. The lowest BCUT2D eigenvalue weighted by Gasteiger charge is -2.29. The van der Waals surface area contributed by atoms with Gasteiger partial charge in [-0.25, -0.2) is 0 Å². The lowest BCUT2D eigenvalue weighted by Crippen LogP contribution is -2.41. The Labute approximate surface area is 194 Å². The first-order chi connectivity index (χ1) is 15.4. The van der Waals surface area contributed by atoms with Gasteiger partial charge in [0.2, 0.25) is 0 Å². The van der Waals surface area contributed by atoms with Crippen molar-refractivity contribution in [3.8, 4) is 17.1 Å². The number of thiophene rings is 1. The number of hydrogen-bond acceptors (Lipinski definition) is 4. The molecule has 2 aromatic heterocycles. The van der Waals surface area contributed by atoms with Gasteiger partial charge in [-0.15, -0.1) is 11.3 Å². The highest BCUT2D eigenvalue weighted by atomic mass is 32.1. The molecule has 2 aromatic rings. The number of aromatic nitrogens is 1. The van der Waals surface area contributed by atoms with Gasteiger partial charge in [0, 0.05) is 22.3 Å². The lowest BCUT2D eigenvalue weighted by atomic mass is 9.86. The molecule has 5 nitrogen and oxygen atoms in total. The minimum atomic E-state index is -0.291. The van der Waals surface area contributed by atoms with Crippen LogP contribution in [-0.2, 0) is 17.6 Å². The molecule has 2 aliphatic carbocycles. The molecule has 1 fully saturated rings. The number of amides is 1. The second kappa shape index (κ2) is 9.35. The standard InChI is InChI=1S/C26H30N4OS/c1-16-8-4-6-10-23(16)29-25(31)20(14-27)13-19-12-17(2)30(18(19)3)26-22(15-28)21-9-5-7-11-24(21)32-26/h12-13,16,23H,4-11H2,1-3H3,(H,29,31)/b20-13+/t16-,23+/m1/s1. The summed E-state index contributed by atoms with van der Waals surface area (Å²) in [5.41, 5.74) is 4.93. The van der Waals surface area contributed by atoms with Crippen LogP contribution in [0.15, 0.2) is 11.6 Å². The van der Waals surface area contributed by atoms with Crippen LogP contribution in [0.25, 0.3) is 11.1 Å². The fourth-order valence-electron chi connectivity index (χ4n) is 5.15. The predicted molar refractivity (Wildman–Crippen MR) is 128 cm³/mol. The SMILES string of the molecule is Cc1cc(/C=C(\C#N)C(=O)N[C@H]2CCCC[C@H]2C)c(C)n1-c1sc2c(c1C#N)CCCC2. The van der Waals surface area contributed by atoms with Crippen molar-refractivity contribution in [2.24, 2.45) is 5.92 Å². The first kappa shape index (κ1) is 22.4. The molecule has 166 valence electrons. The van der Waals surface area contributed by atoms with Gasteiger partial charge < -0.3 is 9.88 Å². The highest BCUT2D eigenvalue weighted by molar-refractivity contribution is 7.15. The first-order valence-corrected chi connectivity index (χ1v) is 12.4. The molecular formula is C26H30N4OS. The molecule has 0 saturated heterocycles. The zero-order valence-corrected chi connectivity index (χ0v) is 19.9. The van der Waals surface area contributed by atoms with Crippen LogP contribution >= 0.6 is 11.3 Å². The van der Waals surface area contributed by atoms with E-state index in [0.29, 0.717) is 5.92 Å². The quantitative estimate of drug-likeness (QED) is 0.497. The minimum Gasteiger partial charge on any atom is -0.348 e. The van der Waals surface area contributed by atoms with Crippen LogP contribution in [0.1, 0.15) is 78.4 Å². The number of fused-ring (bicyclic) bond motifs is 1. The van der Waals surface area contributed by atoms with Crippen molar-refractivity contribution in [3.63, 3.8) is 0 Å². The van der Waals surface area contributed by atoms with Gasteiger partial charge >= 0.3 is 0 Å². The van der Waals surface area contributed by atoms with Gasteiger partial charge in [-0.3, -0.25) is 4.79 Å². The molecule has 1 saturated carbocycles. The summed E-state index contributed by atoms with van der Waals surface area (Å²) in [6.07, 6.45) is 10.4. The summed E-state index contributed by atoms with van der Waals surface area (Å²) in [6.45, 7) is 6.18. The van der Waals surface area contributed by atoms with Gasteiger partial charge in [0.15, 0.2) is 0 Å². The Hall–Kier alpha value is -2.83. The van der Waals surface area contributed by atoms with E-state index in [1.165, 1.54) is 23.3 Å². The zero-order chi connectivity index (χ0) is 22.8. The van der Waals surface area contributed by atoms with Gasteiger partial charge in [-0.05, 0) is 81.6 Å². The van der Waals surface area contributed by atoms with Gasteiger partial charge in [-0.2, -0.15) is 10.5 Å². The Balaban J connectivity index is 1.66. The number of carbonyl (C=O) groups excluding carboxylic acids is 1. The second-order valence-electron chi connectivity index (χ2n) is 9.18. The number of rotatable bonds is 4. The highest BCUT2D eigenvalue weighted by Gasteiger charge is 2.26. The average Bonchev–Trinajstić information content (AvgIpc) is 3.28. The molecular weight excluding hydrogens is 416 g/mol. The molecule has 2 aliphatic rings. The third kappa shape index (κ3) is 4.12. The Morgan fingerprint density at radius 2 is 1.94 bits per heavy atom. The average molecular weight is 447 g/mol. The van der Waals surface area contributed by atoms with Crippen molar-refractivity contribution in [2.45, 2.75) is 78.2 Å². The molecule has 0 bridgehead atoms. The maximum atomic E-state index is 12.8. The largest absolute Gasteiger partial charge is 0.348 e. The topological polar surface area (TPSA) is 81.6 Å². The molecule has 2 heterocycles. The number of nitrogens with one attached hydrogen (secondary N) is 1. The van der Waals surface area contributed by atoms with E-state index >= 15 is 0 Å². The lowest BCUT2D eigenvalue weighted by molar-refractivity contribution is -0.118. The molecule has 0 aliphatic heterocycles. The fraction of sp³-hybridized carbons (Fsp3) is 0.500. The Morgan fingerprint density at radius 3 is 2.66 bits per heavy atom. The molecule has 1 N–H and O–H groups in total. The monoisotopic (exact) mass is 446 g/mol. The smallest absolute Gasteiger partial charge is 0.262 e. The van der Waals surface area contributed by atoms with Crippen LogP contribution in [-0.4, -0.2) is 16.5 Å². The summed E-state index contributed by atoms with van der Waals surface area (Å²) in [5, 5.41) is 23.6. The minimum absolute atomic E-state index is 0.133. The normalized spacial score (nSPS) is 20.8. The van der Waals surface area contributed by atoms with Crippen molar-refractivity contribution in [1.82, 2.24) is 9.88 Å². The zero-order valence-electron chi connectivity index (χ0n) is 19.1. The number of nitrogens with zero attached hydrogens (tertiary/aromatic N) is 3. The van der Waals surface area contributed by atoms with E-state index in [2.05, 4.69) is 28.9 Å². The maximum Gasteiger partial charge on any atom is 0.262 e. The summed E-state index contributed by atoms with van der Waals surface area (Å²) >= 11 is 1.71. The molecule has 2 atom stereocenters. The van der Waals surface area contributed by atoms with Gasteiger partial charge in [0.05, 0.1) is 5.56 Å². The summed E-state index contributed by atoms with van der Waals surface area (Å²) in [6, 6.07) is 6.68. The van der Waals surface area contributed by atoms with Gasteiger partial charge in [-0.1, -0.05) is 19.8 Å². The van der Waals surface area contributed by atoms with E-state index in [-0.39, 0.29) is 17.5 Å². The molecule has 1 amide bonds. The second-order valence-corrected chi connectivity index (χ2v) is 10.3. The number of aryl methyl sites for hydroxylation is 2. The Kier molecular flexibility index (Phi) is 6.53. The Bertz CT molecular complexity index is 1150. The van der Waals surface area contributed by atoms with Crippen LogP contribution in [0, 0.1) is 42.4 Å². The van der Waals surface area contributed by atoms with Crippen LogP contribution in [0.4, 0.5) is 0 Å². The molecule has 32 heavy (non-hydrogen) atoms. The van der Waals surface area contributed by atoms with E-state index in [0.717, 1.165) is 66.0 Å². The number of nitriles is 2. The van der Waals surface area contributed by atoms with E-state index in [1.54, 1.807) is 17.4 Å². The van der Waals surface area contributed by atoms with Crippen molar-refractivity contribution in [3.05, 3.63) is 44.6 Å². The first-order valence-electron chi connectivity index (χ1n) is 11.6. The summed E-state index contributed by atoms with van der Waals surface area (Å²) < 4.78 is 2.11. The predicted octanol–water partition coefficient (Wildman–Crippen LogP) is 5.51. The van der Waals surface area contributed by atoms with E-state index in [9.17, 15) is 15.3 Å². The molecule has 0 spiro atoms. The third-order valence-electron chi connectivity index (χ3n) is 7.03. The van der Waals surface area contributed by atoms with E-state index in [1.807, 2.05) is 19.9 Å². The van der Waals surface area contributed by atoms with Crippen molar-refractivity contribution in [2.75, 3.05) is 0 Å². The van der Waals surface area contributed by atoms with Crippen LogP contribution in [0.3, 0.4) is 0 Å². The van der Waals surface area contributed by atoms with Crippen LogP contribution < -0.4 is 5.32 Å². The van der Waals surface area contributed by atoms with Crippen molar-refractivity contribution in [1.29, 1.82) is 10.5 Å². The highest BCUT2D eigenvalue weighted by Crippen LogP contribution is 2.38. The van der Waals surface area contributed by atoms with E-state index in [4.69, 9.17) is 0 Å². The molecule has 4 rings (SSSR count). The third-order valence-corrected chi connectivity index (χ3v) is 8.31. The van der Waals surface area contributed by atoms with Gasteiger partial charge in [0.1, 0.15) is 22.7 Å². The molecule has 0 unspecified atom stereocenters. The summed E-state index contributed by atoms with van der Waals surface area (Å²) in [4.78, 5) is 14.2. The van der Waals surface area contributed by atoms with Crippen molar-refractivity contribution >= 4 is 23.3 Å².